The van der Waals surface area contributed by atoms with E-state index in [1.807, 2.05) is 0 Å². The first-order valence-corrected chi connectivity index (χ1v) is 16.0. The zero-order valence-corrected chi connectivity index (χ0v) is 24.8. The minimum absolute atomic E-state index is 0.124. The van der Waals surface area contributed by atoms with Gasteiger partial charge in [0.05, 0.1) is 17.6 Å². The van der Waals surface area contributed by atoms with E-state index in [4.69, 9.17) is 9.84 Å². The number of hydrogen-bond donors (Lipinski definition) is 1. The van der Waals surface area contributed by atoms with Gasteiger partial charge in [0.25, 0.3) is 0 Å². The van der Waals surface area contributed by atoms with Crippen molar-refractivity contribution in [3.05, 3.63) is 54.1 Å². The van der Waals surface area contributed by atoms with E-state index in [1.54, 1.807) is 0 Å². The molecule has 3 unspecified atom stereocenters. The number of benzene rings is 2. The first-order valence-electron chi connectivity index (χ1n) is 16.0. The van der Waals surface area contributed by atoms with Crippen LogP contribution in [-0.2, 0) is 0 Å². The van der Waals surface area contributed by atoms with Gasteiger partial charge in [-0.15, -0.1) is 0 Å². The molecule has 1 saturated carbocycles. The van der Waals surface area contributed by atoms with Crippen LogP contribution in [0.15, 0.2) is 48.5 Å². The van der Waals surface area contributed by atoms with Gasteiger partial charge >= 0.3 is 0 Å². The SMILES string of the molecule is CCCCCCC1(C#N)CCCC(c2ccc(-c3ccc(OC(CCC)CCCCCCCO)cc3)cc2)C1. The van der Waals surface area contributed by atoms with Crippen molar-refractivity contribution in [2.45, 2.75) is 135 Å². The fourth-order valence-electron chi connectivity index (χ4n) is 6.39. The van der Waals surface area contributed by atoms with Crippen LogP contribution in [0.3, 0.4) is 0 Å². The van der Waals surface area contributed by atoms with Crippen molar-refractivity contribution in [2.75, 3.05) is 6.61 Å². The summed E-state index contributed by atoms with van der Waals surface area (Å²) in [6.07, 6.45) is 19.8. The van der Waals surface area contributed by atoms with Crippen LogP contribution in [0.4, 0.5) is 0 Å². The number of ether oxygens (including phenoxy) is 1. The Morgan fingerprint density at radius 1 is 0.846 bits per heavy atom. The van der Waals surface area contributed by atoms with Gasteiger partial charge in [-0.3, -0.25) is 0 Å². The molecule has 214 valence electrons. The lowest BCUT2D eigenvalue weighted by atomic mass is 9.66. The lowest BCUT2D eigenvalue weighted by Crippen LogP contribution is -2.26. The van der Waals surface area contributed by atoms with Crippen LogP contribution < -0.4 is 4.74 Å². The molecule has 0 bridgehead atoms. The molecule has 3 rings (SSSR count). The van der Waals surface area contributed by atoms with Gasteiger partial charge in [-0.2, -0.15) is 5.26 Å². The van der Waals surface area contributed by atoms with E-state index in [2.05, 4.69) is 68.4 Å². The summed E-state index contributed by atoms with van der Waals surface area (Å²) in [6.45, 7) is 4.79. The molecule has 0 radical (unpaired) electrons. The van der Waals surface area contributed by atoms with Crippen LogP contribution in [0, 0.1) is 16.7 Å². The van der Waals surface area contributed by atoms with Crippen LogP contribution in [-0.4, -0.2) is 17.8 Å². The van der Waals surface area contributed by atoms with E-state index in [-0.39, 0.29) is 11.5 Å². The van der Waals surface area contributed by atoms with Crippen molar-refractivity contribution in [1.29, 1.82) is 5.26 Å². The fraction of sp³-hybridized carbons (Fsp3) is 0.639. The Bertz CT molecular complexity index is 961. The standard InChI is InChI=1S/C36H53NO2/c1-3-5-6-11-25-36(29-37)26-13-15-33(28-36)32-19-17-30(18-20-32)31-21-23-35(24-22-31)39-34(14-4-2)16-10-8-7-9-12-27-38/h17-24,33-34,38H,3-16,25-28H2,1-2H3. The highest BCUT2D eigenvalue weighted by atomic mass is 16.5. The maximum atomic E-state index is 10.1. The Balaban J connectivity index is 1.54. The molecule has 39 heavy (non-hydrogen) atoms. The smallest absolute Gasteiger partial charge is 0.119 e. The van der Waals surface area contributed by atoms with Crippen LogP contribution in [0.2, 0.25) is 0 Å². The van der Waals surface area contributed by atoms with E-state index in [0.29, 0.717) is 12.5 Å². The molecule has 2 aromatic carbocycles. The summed E-state index contributed by atoms with van der Waals surface area (Å²) in [4.78, 5) is 0. The van der Waals surface area contributed by atoms with Gasteiger partial charge in [-0.25, -0.2) is 0 Å². The Hall–Kier alpha value is -2.31. The molecule has 0 aliphatic heterocycles. The van der Waals surface area contributed by atoms with Gasteiger partial charge in [-0.1, -0.05) is 108 Å². The van der Waals surface area contributed by atoms with Crippen LogP contribution in [0.25, 0.3) is 11.1 Å². The summed E-state index contributed by atoms with van der Waals surface area (Å²) in [6, 6.07) is 20.5. The zero-order valence-electron chi connectivity index (χ0n) is 24.8. The van der Waals surface area contributed by atoms with Crippen LogP contribution in [0.1, 0.15) is 134 Å². The van der Waals surface area contributed by atoms with Crippen molar-refractivity contribution in [1.82, 2.24) is 0 Å². The second kappa shape index (κ2) is 17.4. The number of hydrogen-bond acceptors (Lipinski definition) is 3. The second-order valence-electron chi connectivity index (χ2n) is 12.0. The van der Waals surface area contributed by atoms with Crippen LogP contribution in [0.5, 0.6) is 5.75 Å². The molecular weight excluding hydrogens is 478 g/mol. The average Bonchev–Trinajstić information content (AvgIpc) is 2.98. The van der Waals surface area contributed by atoms with Gasteiger partial charge in [-0.05, 0) is 86.1 Å². The molecule has 3 heteroatoms. The second-order valence-corrected chi connectivity index (χ2v) is 12.0. The molecule has 0 spiro atoms. The maximum absolute atomic E-state index is 10.1. The van der Waals surface area contributed by atoms with E-state index in [1.165, 1.54) is 68.1 Å². The molecule has 2 aromatic rings. The summed E-state index contributed by atoms with van der Waals surface area (Å²) in [5.74, 6) is 1.46. The predicted octanol–water partition coefficient (Wildman–Crippen LogP) is 10.4. The first kappa shape index (κ1) is 31.2. The lowest BCUT2D eigenvalue weighted by molar-refractivity contribution is 0.175. The van der Waals surface area contributed by atoms with Gasteiger partial charge < -0.3 is 9.84 Å². The number of unbranched alkanes of at least 4 members (excludes halogenated alkanes) is 7. The third kappa shape index (κ3) is 10.3. The fourth-order valence-corrected chi connectivity index (χ4v) is 6.39. The monoisotopic (exact) mass is 531 g/mol. The molecule has 1 fully saturated rings. The predicted molar refractivity (Wildman–Crippen MR) is 164 cm³/mol. The minimum atomic E-state index is -0.124. The van der Waals surface area contributed by atoms with E-state index in [9.17, 15) is 5.26 Å². The summed E-state index contributed by atoms with van der Waals surface area (Å²) in [7, 11) is 0. The van der Waals surface area contributed by atoms with Crippen molar-refractivity contribution < 1.29 is 9.84 Å². The number of aliphatic hydroxyl groups is 1. The third-order valence-electron chi connectivity index (χ3n) is 8.76. The zero-order chi connectivity index (χ0) is 27.8. The van der Waals surface area contributed by atoms with Gasteiger partial charge in [0.2, 0.25) is 0 Å². The average molecular weight is 532 g/mol. The number of nitrogens with zero attached hydrogens (tertiary/aromatic N) is 1. The minimum Gasteiger partial charge on any atom is -0.490 e. The molecule has 3 nitrogen and oxygen atoms in total. The number of aliphatic hydroxyl groups excluding tert-OH is 1. The van der Waals surface area contributed by atoms with Gasteiger partial charge in [0.15, 0.2) is 0 Å². The summed E-state index contributed by atoms with van der Waals surface area (Å²) in [5, 5.41) is 19.0. The molecule has 1 aliphatic rings. The quantitative estimate of drug-likeness (QED) is 0.195. The van der Waals surface area contributed by atoms with Crippen molar-refractivity contribution in [2.24, 2.45) is 5.41 Å². The molecular formula is C36H53NO2. The molecule has 1 aliphatic carbocycles. The largest absolute Gasteiger partial charge is 0.490 e. The topological polar surface area (TPSA) is 53.2 Å². The van der Waals surface area contributed by atoms with Crippen molar-refractivity contribution in [3.63, 3.8) is 0 Å². The summed E-state index contributed by atoms with van der Waals surface area (Å²) >= 11 is 0. The van der Waals surface area contributed by atoms with E-state index < -0.39 is 0 Å². The van der Waals surface area contributed by atoms with Gasteiger partial charge in [0.1, 0.15) is 5.75 Å². The molecule has 3 atom stereocenters. The van der Waals surface area contributed by atoms with E-state index >= 15 is 0 Å². The Morgan fingerprint density at radius 3 is 2.18 bits per heavy atom. The number of rotatable bonds is 18. The molecule has 0 heterocycles. The molecule has 0 amide bonds. The van der Waals surface area contributed by atoms with Crippen LogP contribution >= 0.6 is 0 Å². The summed E-state index contributed by atoms with van der Waals surface area (Å²) in [5.41, 5.74) is 3.72. The Kier molecular flexibility index (Phi) is 13.9. The van der Waals surface area contributed by atoms with Crippen molar-refractivity contribution in [3.8, 4) is 22.9 Å². The molecule has 0 saturated heterocycles. The normalized spacial score (nSPS) is 19.9. The summed E-state index contributed by atoms with van der Waals surface area (Å²) < 4.78 is 6.38. The number of nitriles is 1. The van der Waals surface area contributed by atoms with E-state index in [0.717, 1.165) is 63.5 Å². The first-order chi connectivity index (χ1) is 19.1. The highest BCUT2D eigenvalue weighted by molar-refractivity contribution is 5.64. The lowest BCUT2D eigenvalue weighted by Gasteiger charge is -2.36. The Morgan fingerprint density at radius 2 is 1.51 bits per heavy atom. The van der Waals surface area contributed by atoms with Gasteiger partial charge in [0, 0.05) is 6.61 Å². The van der Waals surface area contributed by atoms with Crippen molar-refractivity contribution >= 4 is 0 Å². The maximum Gasteiger partial charge on any atom is 0.119 e. The molecule has 1 N–H and O–H groups in total. The Labute approximate surface area is 239 Å². The third-order valence-corrected chi connectivity index (χ3v) is 8.76. The highest BCUT2D eigenvalue weighted by Crippen LogP contribution is 2.46. The highest BCUT2D eigenvalue weighted by Gasteiger charge is 2.36. The molecule has 0 aromatic heterocycles.